The summed E-state index contributed by atoms with van der Waals surface area (Å²) in [6.07, 6.45) is 1.22. The number of carbonyl (C=O) groups excluding carboxylic acids is 1. The highest BCUT2D eigenvalue weighted by atomic mass is 35.5. The highest BCUT2D eigenvalue weighted by Crippen LogP contribution is 2.39. The summed E-state index contributed by atoms with van der Waals surface area (Å²) >= 11 is 12.1. The molecule has 2 N–H and O–H groups in total. The first-order valence-corrected chi connectivity index (χ1v) is 8.34. The van der Waals surface area contributed by atoms with Crippen LogP contribution >= 0.6 is 23.2 Å². The zero-order chi connectivity index (χ0) is 18.7. The van der Waals surface area contributed by atoms with E-state index in [1.165, 1.54) is 19.4 Å². The number of amides is 1. The molecule has 3 rings (SSSR count). The maximum Gasteiger partial charge on any atom is 0.271 e. The lowest BCUT2D eigenvalue weighted by atomic mass is 10.0. The zero-order valence-corrected chi connectivity index (χ0v) is 15.2. The zero-order valence-electron chi connectivity index (χ0n) is 13.7. The molecule has 7 heteroatoms. The van der Waals surface area contributed by atoms with Crippen LogP contribution < -0.4 is 10.2 Å². The second-order valence-electron chi connectivity index (χ2n) is 5.36. The molecule has 0 saturated carbocycles. The number of halogens is 2. The minimum Gasteiger partial charge on any atom is -0.504 e. The molecule has 0 atom stereocenters. The Balaban J connectivity index is 1.87. The van der Waals surface area contributed by atoms with Crippen molar-refractivity contribution in [1.82, 2.24) is 5.43 Å². The van der Waals surface area contributed by atoms with Crippen molar-refractivity contribution in [2.45, 2.75) is 0 Å². The van der Waals surface area contributed by atoms with Gasteiger partial charge >= 0.3 is 0 Å². The van der Waals surface area contributed by atoms with Crippen molar-refractivity contribution >= 4 is 46.1 Å². The quantitative estimate of drug-likeness (QED) is 0.505. The number of rotatable bonds is 4. The van der Waals surface area contributed by atoms with Crippen molar-refractivity contribution in [2.75, 3.05) is 7.11 Å². The molecule has 0 saturated heterocycles. The van der Waals surface area contributed by atoms with Gasteiger partial charge < -0.3 is 9.84 Å². The number of carbonyl (C=O) groups is 1. The van der Waals surface area contributed by atoms with E-state index in [0.29, 0.717) is 5.56 Å². The smallest absolute Gasteiger partial charge is 0.271 e. The van der Waals surface area contributed by atoms with Gasteiger partial charge in [-0.1, -0.05) is 59.6 Å². The highest BCUT2D eigenvalue weighted by Gasteiger charge is 2.15. The normalized spacial score (nSPS) is 11.0. The number of phenolic OH excluding ortho intramolecular Hbond substituents is 1. The molecule has 0 aliphatic carbocycles. The fourth-order valence-corrected chi connectivity index (χ4v) is 2.92. The van der Waals surface area contributed by atoms with Crippen LogP contribution in [0.5, 0.6) is 11.5 Å². The van der Waals surface area contributed by atoms with Crippen molar-refractivity contribution in [3.05, 3.63) is 69.7 Å². The Labute approximate surface area is 159 Å². The molecule has 0 radical (unpaired) electrons. The van der Waals surface area contributed by atoms with Crippen LogP contribution in [0, 0.1) is 0 Å². The Hall–Kier alpha value is -2.76. The van der Waals surface area contributed by atoms with Crippen LogP contribution in [0.1, 0.15) is 15.9 Å². The molecule has 3 aromatic carbocycles. The summed E-state index contributed by atoms with van der Waals surface area (Å²) in [7, 11) is 1.39. The van der Waals surface area contributed by atoms with Gasteiger partial charge in [0.2, 0.25) is 0 Å². The SMILES string of the molecule is COc1cc(Cl)c(Cl)c(/C=N\NC(=O)c2cccc3ccccc23)c1O. The van der Waals surface area contributed by atoms with E-state index >= 15 is 0 Å². The first-order chi connectivity index (χ1) is 12.5. The Morgan fingerprint density at radius 3 is 2.69 bits per heavy atom. The summed E-state index contributed by atoms with van der Waals surface area (Å²) in [6.45, 7) is 0. The molecular formula is C19H14Cl2N2O3. The van der Waals surface area contributed by atoms with E-state index in [-0.39, 0.29) is 33.0 Å². The Morgan fingerprint density at radius 2 is 1.92 bits per heavy atom. The predicted octanol–water partition coefficient (Wildman–Crippen LogP) is 4.62. The number of nitrogens with zero attached hydrogens (tertiary/aromatic N) is 1. The van der Waals surface area contributed by atoms with Crippen LogP contribution in [-0.2, 0) is 0 Å². The largest absolute Gasteiger partial charge is 0.504 e. The van der Waals surface area contributed by atoms with Crippen LogP contribution in [0.3, 0.4) is 0 Å². The summed E-state index contributed by atoms with van der Waals surface area (Å²) in [5, 5.41) is 16.1. The van der Waals surface area contributed by atoms with Crippen molar-refractivity contribution in [3.63, 3.8) is 0 Å². The fraction of sp³-hybridized carbons (Fsp3) is 0.0526. The summed E-state index contributed by atoms with van der Waals surface area (Å²) in [5.74, 6) is -0.450. The minimum atomic E-state index is -0.386. The Kier molecular flexibility index (Phi) is 5.30. The van der Waals surface area contributed by atoms with Crippen molar-refractivity contribution in [3.8, 4) is 11.5 Å². The summed E-state index contributed by atoms with van der Waals surface area (Å²) in [5.41, 5.74) is 3.06. The van der Waals surface area contributed by atoms with E-state index in [1.54, 1.807) is 12.1 Å². The molecule has 0 unspecified atom stereocenters. The first-order valence-electron chi connectivity index (χ1n) is 7.59. The monoisotopic (exact) mass is 388 g/mol. The van der Waals surface area contributed by atoms with Gasteiger partial charge in [-0.2, -0.15) is 5.10 Å². The molecule has 0 fully saturated rings. The van der Waals surface area contributed by atoms with Gasteiger partial charge in [-0.05, 0) is 16.8 Å². The highest BCUT2D eigenvalue weighted by molar-refractivity contribution is 6.43. The molecule has 0 spiro atoms. The number of hydrazone groups is 1. The number of hydrogen-bond donors (Lipinski definition) is 2. The maximum absolute atomic E-state index is 12.4. The van der Waals surface area contributed by atoms with Gasteiger partial charge in [-0.3, -0.25) is 4.79 Å². The molecule has 26 heavy (non-hydrogen) atoms. The summed E-state index contributed by atoms with van der Waals surface area (Å²) < 4.78 is 5.02. The van der Waals surface area contributed by atoms with Crippen molar-refractivity contribution < 1.29 is 14.6 Å². The number of nitrogens with one attached hydrogen (secondary N) is 1. The lowest BCUT2D eigenvalue weighted by Gasteiger charge is -2.09. The van der Waals surface area contributed by atoms with Crippen molar-refractivity contribution in [2.24, 2.45) is 5.10 Å². The molecular weight excluding hydrogens is 375 g/mol. The number of ether oxygens (including phenoxy) is 1. The van der Waals surface area contributed by atoms with Gasteiger partial charge in [0.15, 0.2) is 11.5 Å². The molecule has 0 aromatic heterocycles. The van der Waals surface area contributed by atoms with E-state index < -0.39 is 0 Å². The molecule has 0 aliphatic rings. The van der Waals surface area contributed by atoms with E-state index in [9.17, 15) is 9.90 Å². The van der Waals surface area contributed by atoms with Gasteiger partial charge in [0, 0.05) is 11.6 Å². The molecule has 0 bridgehead atoms. The van der Waals surface area contributed by atoms with Crippen LogP contribution in [0.15, 0.2) is 53.6 Å². The Morgan fingerprint density at radius 1 is 1.19 bits per heavy atom. The van der Waals surface area contributed by atoms with Gasteiger partial charge in [0.05, 0.1) is 28.9 Å². The third kappa shape index (κ3) is 3.45. The van der Waals surface area contributed by atoms with Crippen LogP contribution in [-0.4, -0.2) is 24.3 Å². The minimum absolute atomic E-state index is 0.105. The van der Waals surface area contributed by atoms with E-state index in [0.717, 1.165) is 10.8 Å². The van der Waals surface area contributed by atoms with Crippen molar-refractivity contribution in [1.29, 1.82) is 0 Å². The van der Waals surface area contributed by atoms with Crippen LogP contribution in [0.2, 0.25) is 10.0 Å². The molecule has 0 heterocycles. The van der Waals surface area contributed by atoms with E-state index in [2.05, 4.69) is 10.5 Å². The van der Waals surface area contributed by atoms with Gasteiger partial charge in [-0.15, -0.1) is 0 Å². The number of benzene rings is 3. The van der Waals surface area contributed by atoms with E-state index in [4.69, 9.17) is 27.9 Å². The number of fused-ring (bicyclic) bond motifs is 1. The molecule has 5 nitrogen and oxygen atoms in total. The van der Waals surface area contributed by atoms with E-state index in [1.807, 2.05) is 30.3 Å². The molecule has 132 valence electrons. The van der Waals surface area contributed by atoms with Crippen LogP contribution in [0.4, 0.5) is 0 Å². The average Bonchev–Trinajstić information content (AvgIpc) is 2.66. The van der Waals surface area contributed by atoms with Crippen LogP contribution in [0.25, 0.3) is 10.8 Å². The number of phenols is 1. The van der Waals surface area contributed by atoms with Gasteiger partial charge in [0.25, 0.3) is 5.91 Å². The predicted molar refractivity (Wildman–Crippen MR) is 104 cm³/mol. The second kappa shape index (κ2) is 7.64. The summed E-state index contributed by atoms with van der Waals surface area (Å²) in [4.78, 5) is 12.4. The first kappa shape index (κ1) is 18.0. The second-order valence-corrected chi connectivity index (χ2v) is 6.15. The number of aromatic hydroxyl groups is 1. The lowest BCUT2D eigenvalue weighted by Crippen LogP contribution is -2.18. The standard InChI is InChI=1S/C19H14Cl2N2O3/c1-26-16-9-15(20)17(21)14(18(16)24)10-22-23-19(25)13-8-4-6-11-5-2-3-7-12(11)13/h2-10,24H,1H3,(H,23,25)/b22-10-. The molecule has 3 aromatic rings. The lowest BCUT2D eigenvalue weighted by molar-refractivity contribution is 0.0957. The fourth-order valence-electron chi connectivity index (χ4n) is 2.52. The maximum atomic E-state index is 12.4. The van der Waals surface area contributed by atoms with Gasteiger partial charge in [-0.25, -0.2) is 5.43 Å². The molecule has 0 aliphatic heterocycles. The van der Waals surface area contributed by atoms with Gasteiger partial charge in [0.1, 0.15) is 0 Å². The topological polar surface area (TPSA) is 70.9 Å². The molecule has 1 amide bonds. The number of hydrogen-bond acceptors (Lipinski definition) is 4. The average molecular weight is 389 g/mol. The number of methoxy groups -OCH3 is 1. The third-order valence-corrected chi connectivity index (χ3v) is 4.61. The summed E-state index contributed by atoms with van der Waals surface area (Å²) in [6, 6.07) is 14.4. The third-order valence-electron chi connectivity index (χ3n) is 3.81. The Bertz CT molecular complexity index is 1010.